The van der Waals surface area contributed by atoms with Crippen LogP contribution in [0.5, 0.6) is 0 Å². The maximum atomic E-state index is 10.7. The summed E-state index contributed by atoms with van der Waals surface area (Å²) >= 11 is 0. The monoisotopic (exact) mass is 236 g/mol. The second kappa shape index (κ2) is 5.57. The molecule has 0 aliphatic heterocycles. The smallest absolute Gasteiger partial charge is 0.404 e. The fourth-order valence-electron chi connectivity index (χ4n) is 1.50. The Hall–Kier alpha value is -1.71. The number of nitrogens with one attached hydrogen (secondary N) is 2. The number of carbonyl (C=O) groups is 1. The van der Waals surface area contributed by atoms with Crippen LogP contribution in [0.1, 0.15) is 20.8 Å². The second-order valence-electron chi connectivity index (χ2n) is 5.12. The number of amides is 1. The predicted molar refractivity (Wildman–Crippen MR) is 69.3 cm³/mol. The summed E-state index contributed by atoms with van der Waals surface area (Å²) in [4.78, 5) is 10.7. The van der Waals surface area contributed by atoms with Gasteiger partial charge in [-0.05, 0) is 17.5 Å². The first kappa shape index (κ1) is 13.4. The predicted octanol–water partition coefficient (Wildman–Crippen LogP) is 2.78. The zero-order valence-electron chi connectivity index (χ0n) is 10.5. The van der Waals surface area contributed by atoms with Crippen molar-refractivity contribution in [2.24, 2.45) is 5.41 Å². The van der Waals surface area contributed by atoms with Gasteiger partial charge in [-0.15, -0.1) is 0 Å². The van der Waals surface area contributed by atoms with Crippen molar-refractivity contribution in [3.63, 3.8) is 0 Å². The van der Waals surface area contributed by atoms with Crippen LogP contribution < -0.4 is 10.6 Å². The lowest BCUT2D eigenvalue weighted by atomic mass is 9.86. The van der Waals surface area contributed by atoms with E-state index in [4.69, 9.17) is 5.11 Å². The molecule has 1 amide bonds. The molecule has 0 aromatic heterocycles. The van der Waals surface area contributed by atoms with Crippen molar-refractivity contribution in [1.82, 2.24) is 5.32 Å². The maximum absolute atomic E-state index is 10.7. The number of hydrogen-bond acceptors (Lipinski definition) is 2. The Morgan fingerprint density at radius 3 is 2.35 bits per heavy atom. The Morgan fingerprint density at radius 1 is 1.29 bits per heavy atom. The first-order chi connectivity index (χ1) is 7.89. The lowest BCUT2D eigenvalue weighted by Crippen LogP contribution is -2.47. The molecular formula is C13H20N2O2. The van der Waals surface area contributed by atoms with Gasteiger partial charge in [-0.1, -0.05) is 39.0 Å². The van der Waals surface area contributed by atoms with Gasteiger partial charge in [0.1, 0.15) is 0 Å². The number of rotatable bonds is 4. The molecular weight excluding hydrogens is 216 g/mol. The molecule has 0 radical (unpaired) electrons. The molecule has 0 bridgehead atoms. The summed E-state index contributed by atoms with van der Waals surface area (Å²) in [6.45, 7) is 6.61. The van der Waals surface area contributed by atoms with Gasteiger partial charge in [0.2, 0.25) is 0 Å². The van der Waals surface area contributed by atoms with Crippen molar-refractivity contribution in [3.05, 3.63) is 30.3 Å². The Balaban J connectivity index is 2.59. The molecule has 0 spiro atoms. The van der Waals surface area contributed by atoms with Gasteiger partial charge in [0.25, 0.3) is 0 Å². The zero-order valence-corrected chi connectivity index (χ0v) is 10.5. The van der Waals surface area contributed by atoms with Gasteiger partial charge in [0.15, 0.2) is 0 Å². The highest BCUT2D eigenvalue weighted by Gasteiger charge is 2.25. The van der Waals surface area contributed by atoms with Crippen molar-refractivity contribution in [2.75, 3.05) is 11.9 Å². The van der Waals surface area contributed by atoms with Crippen molar-refractivity contribution < 1.29 is 9.90 Å². The molecule has 17 heavy (non-hydrogen) atoms. The van der Waals surface area contributed by atoms with Gasteiger partial charge in [0.05, 0.1) is 6.04 Å². The third kappa shape index (κ3) is 4.76. The van der Waals surface area contributed by atoms with Crippen molar-refractivity contribution in [3.8, 4) is 0 Å². The maximum Gasteiger partial charge on any atom is 0.404 e. The molecule has 3 N–H and O–H groups in total. The average molecular weight is 236 g/mol. The van der Waals surface area contributed by atoms with Gasteiger partial charge in [-0.25, -0.2) is 4.79 Å². The minimum Gasteiger partial charge on any atom is -0.465 e. The van der Waals surface area contributed by atoms with E-state index in [2.05, 4.69) is 10.6 Å². The molecule has 4 nitrogen and oxygen atoms in total. The number of anilines is 1. The molecule has 0 aliphatic rings. The summed E-state index contributed by atoms with van der Waals surface area (Å²) in [5, 5.41) is 14.6. The topological polar surface area (TPSA) is 61.4 Å². The summed E-state index contributed by atoms with van der Waals surface area (Å²) in [5.74, 6) is 0. The second-order valence-corrected chi connectivity index (χ2v) is 5.12. The Kier molecular flexibility index (Phi) is 4.37. The van der Waals surface area contributed by atoms with Crippen molar-refractivity contribution in [1.29, 1.82) is 0 Å². The lowest BCUT2D eigenvalue weighted by Gasteiger charge is -2.30. The van der Waals surface area contributed by atoms with Crippen LogP contribution in [0.15, 0.2) is 30.3 Å². The number of para-hydroxylation sites is 1. The lowest BCUT2D eigenvalue weighted by molar-refractivity contribution is 0.177. The van der Waals surface area contributed by atoms with E-state index in [0.29, 0.717) is 6.54 Å². The summed E-state index contributed by atoms with van der Waals surface area (Å²) in [6, 6.07) is 9.61. The molecule has 1 rings (SSSR count). The van der Waals surface area contributed by atoms with Gasteiger partial charge in [0, 0.05) is 12.2 Å². The van der Waals surface area contributed by atoms with Crippen LogP contribution in [-0.4, -0.2) is 23.8 Å². The molecule has 94 valence electrons. The van der Waals surface area contributed by atoms with Gasteiger partial charge in [-0.3, -0.25) is 0 Å². The molecule has 1 aromatic carbocycles. The number of hydrogen-bond donors (Lipinski definition) is 3. The summed E-state index contributed by atoms with van der Waals surface area (Å²) in [6.07, 6.45) is -0.986. The molecule has 0 fully saturated rings. The SMILES string of the molecule is CC(C)(C)C(CNc1ccccc1)NC(=O)O. The molecule has 0 saturated heterocycles. The molecule has 1 aromatic rings. The third-order valence-electron chi connectivity index (χ3n) is 2.63. The molecule has 0 aliphatic carbocycles. The first-order valence-electron chi connectivity index (χ1n) is 5.68. The van der Waals surface area contributed by atoms with Crippen LogP contribution in [0.25, 0.3) is 0 Å². The molecule has 0 heterocycles. The summed E-state index contributed by atoms with van der Waals surface area (Å²) in [7, 11) is 0. The molecule has 4 heteroatoms. The first-order valence-corrected chi connectivity index (χ1v) is 5.68. The van der Waals surface area contributed by atoms with Crippen molar-refractivity contribution >= 4 is 11.8 Å². The highest BCUT2D eigenvalue weighted by Crippen LogP contribution is 2.19. The summed E-state index contributed by atoms with van der Waals surface area (Å²) < 4.78 is 0. The van der Waals surface area contributed by atoms with Gasteiger partial charge >= 0.3 is 6.09 Å². The van der Waals surface area contributed by atoms with E-state index in [1.54, 1.807) is 0 Å². The Bertz CT molecular complexity index is 357. The summed E-state index contributed by atoms with van der Waals surface area (Å²) in [5.41, 5.74) is 0.870. The number of carboxylic acid groups (broad SMARTS) is 1. The van der Waals surface area contributed by atoms with E-state index >= 15 is 0 Å². The third-order valence-corrected chi connectivity index (χ3v) is 2.63. The van der Waals surface area contributed by atoms with Crippen LogP contribution in [0, 0.1) is 5.41 Å². The Morgan fingerprint density at radius 2 is 1.88 bits per heavy atom. The van der Waals surface area contributed by atoms with Crippen LogP contribution in [-0.2, 0) is 0 Å². The van der Waals surface area contributed by atoms with E-state index in [9.17, 15) is 4.79 Å². The van der Waals surface area contributed by atoms with E-state index < -0.39 is 6.09 Å². The van der Waals surface area contributed by atoms with Crippen LogP contribution >= 0.6 is 0 Å². The van der Waals surface area contributed by atoms with E-state index in [1.165, 1.54) is 0 Å². The van der Waals surface area contributed by atoms with Crippen LogP contribution in [0.2, 0.25) is 0 Å². The van der Waals surface area contributed by atoms with E-state index in [-0.39, 0.29) is 11.5 Å². The normalized spacial score (nSPS) is 12.9. The molecule has 1 unspecified atom stereocenters. The zero-order chi connectivity index (χ0) is 12.9. The highest BCUT2D eigenvalue weighted by atomic mass is 16.4. The number of benzene rings is 1. The average Bonchev–Trinajstić information content (AvgIpc) is 2.23. The van der Waals surface area contributed by atoms with Crippen LogP contribution in [0.4, 0.5) is 10.5 Å². The van der Waals surface area contributed by atoms with Gasteiger partial charge in [-0.2, -0.15) is 0 Å². The highest BCUT2D eigenvalue weighted by molar-refractivity contribution is 5.65. The van der Waals surface area contributed by atoms with Crippen LogP contribution in [0.3, 0.4) is 0 Å². The fourth-order valence-corrected chi connectivity index (χ4v) is 1.50. The molecule has 0 saturated carbocycles. The van der Waals surface area contributed by atoms with E-state index in [0.717, 1.165) is 5.69 Å². The standard InChI is InChI=1S/C13H20N2O2/c1-13(2,3)11(15-12(16)17)9-14-10-7-5-4-6-8-10/h4-8,11,14-15H,9H2,1-3H3,(H,16,17). The van der Waals surface area contributed by atoms with Crippen molar-refractivity contribution in [2.45, 2.75) is 26.8 Å². The molecule has 1 atom stereocenters. The van der Waals surface area contributed by atoms with E-state index in [1.807, 2.05) is 51.1 Å². The Labute approximate surface area is 102 Å². The fraction of sp³-hybridized carbons (Fsp3) is 0.462. The minimum atomic E-state index is -0.986. The quantitative estimate of drug-likeness (QED) is 0.753. The van der Waals surface area contributed by atoms with Gasteiger partial charge < -0.3 is 15.7 Å². The largest absolute Gasteiger partial charge is 0.465 e. The minimum absolute atomic E-state index is 0.125.